The number of hydrogen-bond acceptors (Lipinski definition) is 4. The number of nitrogens with one attached hydrogen (secondary N) is 1. The summed E-state index contributed by atoms with van der Waals surface area (Å²) < 4.78 is 11.0. The van der Waals surface area contributed by atoms with Crippen LogP contribution in [-0.4, -0.2) is 32.3 Å². The quantitative estimate of drug-likeness (QED) is 0.409. The molecule has 6 nitrogen and oxygen atoms in total. The van der Waals surface area contributed by atoms with Crippen molar-refractivity contribution in [3.8, 4) is 0 Å². The fourth-order valence-electron chi connectivity index (χ4n) is 4.43. The molecular weight excluding hydrogens is 464 g/mol. The number of ether oxygens (including phenoxy) is 2. The molecule has 1 aliphatic heterocycles. The minimum Gasteiger partial charge on any atom is -0.359 e. The van der Waals surface area contributed by atoms with Gasteiger partial charge in [-0.25, -0.2) is 0 Å². The molecule has 1 atom stereocenters. The number of hydrogen-bond donors (Lipinski definition) is 1. The lowest BCUT2D eigenvalue weighted by Crippen LogP contribution is -2.32. The van der Waals surface area contributed by atoms with Crippen molar-refractivity contribution >= 4 is 34.8 Å². The highest BCUT2D eigenvalue weighted by atomic mass is 35.5. The van der Waals surface area contributed by atoms with Gasteiger partial charge in [0, 0.05) is 46.7 Å². The summed E-state index contributed by atoms with van der Waals surface area (Å²) in [6.45, 7) is 4.51. The monoisotopic (exact) mass is 492 g/mol. The largest absolute Gasteiger partial charge is 0.359 e. The highest BCUT2D eigenvalue weighted by Crippen LogP contribution is 2.38. The molecule has 3 aromatic rings. The first-order chi connectivity index (χ1) is 16.9. The summed E-state index contributed by atoms with van der Waals surface area (Å²) in [6, 6.07) is 18.3. The summed E-state index contributed by atoms with van der Waals surface area (Å²) >= 11 is 6.29. The van der Waals surface area contributed by atoms with Gasteiger partial charge >= 0.3 is 0 Å². The molecule has 4 rings (SSSR count). The summed E-state index contributed by atoms with van der Waals surface area (Å²) in [5, 5.41) is 3.53. The van der Waals surface area contributed by atoms with Gasteiger partial charge in [-0.15, -0.1) is 0 Å². The maximum Gasteiger partial charge on any atom is 0.258 e. The lowest BCUT2D eigenvalue weighted by Gasteiger charge is -2.25. The molecule has 2 amide bonds. The van der Waals surface area contributed by atoms with Crippen molar-refractivity contribution in [2.75, 3.05) is 30.7 Å². The molecule has 3 aromatic carbocycles. The van der Waals surface area contributed by atoms with Crippen molar-refractivity contribution in [2.24, 2.45) is 0 Å². The maximum absolute atomic E-state index is 13.7. The van der Waals surface area contributed by atoms with E-state index in [0.717, 1.165) is 35.2 Å². The molecule has 0 radical (unpaired) electrons. The van der Waals surface area contributed by atoms with Crippen LogP contribution in [0.4, 0.5) is 11.4 Å². The molecule has 35 heavy (non-hydrogen) atoms. The van der Waals surface area contributed by atoms with Crippen LogP contribution in [0.2, 0.25) is 5.02 Å². The number of carbonyl (C=O) groups excluding carboxylic acids is 2. The number of anilines is 2. The number of halogens is 1. The Balaban J connectivity index is 1.59. The summed E-state index contributed by atoms with van der Waals surface area (Å²) in [6.07, 6.45) is 1.32. The molecule has 0 bridgehead atoms. The van der Waals surface area contributed by atoms with E-state index in [1.54, 1.807) is 36.3 Å². The SMILES string of the molecule is COCO[C@@H]1CCCN(C(=O)c2ccc(NC(=O)c3ccccc3C)cc2C)c2ccc(Cl)cc21. The molecule has 0 saturated carbocycles. The number of amides is 2. The van der Waals surface area contributed by atoms with E-state index in [2.05, 4.69) is 5.32 Å². The minimum absolute atomic E-state index is 0.102. The van der Waals surface area contributed by atoms with E-state index < -0.39 is 0 Å². The van der Waals surface area contributed by atoms with Crippen LogP contribution in [0.15, 0.2) is 60.7 Å². The van der Waals surface area contributed by atoms with Crippen LogP contribution in [-0.2, 0) is 9.47 Å². The second kappa shape index (κ2) is 11.0. The Hall–Kier alpha value is -3.19. The van der Waals surface area contributed by atoms with Gasteiger partial charge in [0.15, 0.2) is 0 Å². The van der Waals surface area contributed by atoms with Crippen LogP contribution >= 0.6 is 11.6 Å². The zero-order chi connectivity index (χ0) is 24.9. The fourth-order valence-corrected chi connectivity index (χ4v) is 4.61. The lowest BCUT2D eigenvalue weighted by molar-refractivity contribution is -0.0753. The van der Waals surface area contributed by atoms with Gasteiger partial charge in [-0.1, -0.05) is 29.8 Å². The third kappa shape index (κ3) is 5.56. The topological polar surface area (TPSA) is 67.9 Å². The normalized spacial score (nSPS) is 15.3. The van der Waals surface area contributed by atoms with Gasteiger partial charge in [0.2, 0.25) is 0 Å². The van der Waals surface area contributed by atoms with Gasteiger partial charge in [0.1, 0.15) is 6.79 Å². The van der Waals surface area contributed by atoms with E-state index in [4.69, 9.17) is 21.1 Å². The standard InChI is InChI=1S/C28H29ClN2O4/c1-18-7-4-5-8-22(18)27(32)30-21-11-12-23(19(2)15-21)28(33)31-14-6-9-26(35-17-34-3)24-16-20(29)10-13-25(24)31/h4-5,7-8,10-13,15-16,26H,6,9,14,17H2,1-3H3,(H,30,32)/t26-/m1/s1. The number of rotatable bonds is 6. The van der Waals surface area contributed by atoms with Gasteiger partial charge in [0.05, 0.1) is 6.10 Å². The number of aryl methyl sites for hydroxylation is 2. The van der Waals surface area contributed by atoms with Crippen LogP contribution in [0.1, 0.15) is 56.4 Å². The zero-order valence-electron chi connectivity index (χ0n) is 20.1. The molecule has 0 saturated heterocycles. The zero-order valence-corrected chi connectivity index (χ0v) is 20.9. The smallest absolute Gasteiger partial charge is 0.258 e. The number of benzene rings is 3. The van der Waals surface area contributed by atoms with E-state index in [9.17, 15) is 9.59 Å². The molecule has 0 aromatic heterocycles. The summed E-state index contributed by atoms with van der Waals surface area (Å²) in [7, 11) is 1.58. The predicted molar refractivity (Wildman–Crippen MR) is 138 cm³/mol. The summed E-state index contributed by atoms with van der Waals surface area (Å²) in [5.41, 5.74) is 5.19. The molecule has 0 aliphatic carbocycles. The van der Waals surface area contributed by atoms with Crippen LogP contribution in [0.5, 0.6) is 0 Å². The lowest BCUT2D eigenvalue weighted by atomic mass is 10.0. The van der Waals surface area contributed by atoms with Crippen molar-refractivity contribution in [1.82, 2.24) is 0 Å². The van der Waals surface area contributed by atoms with Crippen molar-refractivity contribution in [3.05, 3.63) is 93.5 Å². The predicted octanol–water partition coefficient (Wildman–Crippen LogP) is 6.31. The molecule has 0 spiro atoms. The van der Waals surface area contributed by atoms with E-state index in [-0.39, 0.29) is 24.7 Å². The molecule has 1 N–H and O–H groups in total. The highest BCUT2D eigenvalue weighted by Gasteiger charge is 2.28. The van der Waals surface area contributed by atoms with Gasteiger partial charge in [-0.2, -0.15) is 0 Å². The number of methoxy groups -OCH3 is 1. The second-order valence-corrected chi connectivity index (χ2v) is 9.10. The first kappa shape index (κ1) is 24.9. The Labute approximate surface area is 210 Å². The first-order valence-electron chi connectivity index (χ1n) is 11.6. The Bertz CT molecular complexity index is 1240. The molecule has 182 valence electrons. The van der Waals surface area contributed by atoms with Crippen molar-refractivity contribution in [3.63, 3.8) is 0 Å². The third-order valence-electron chi connectivity index (χ3n) is 6.21. The fraction of sp³-hybridized carbons (Fsp3) is 0.286. The van der Waals surface area contributed by atoms with Crippen LogP contribution in [0.25, 0.3) is 0 Å². The average Bonchev–Trinajstić information content (AvgIpc) is 3.01. The molecule has 1 aliphatic rings. The van der Waals surface area contributed by atoms with Gasteiger partial charge < -0.3 is 19.7 Å². The molecule has 0 unspecified atom stereocenters. The minimum atomic E-state index is -0.207. The Morgan fingerprint density at radius 3 is 2.57 bits per heavy atom. The van der Waals surface area contributed by atoms with E-state index in [0.29, 0.717) is 28.4 Å². The first-order valence-corrected chi connectivity index (χ1v) is 12.0. The Morgan fingerprint density at radius 1 is 1.03 bits per heavy atom. The van der Waals surface area contributed by atoms with Crippen LogP contribution in [0.3, 0.4) is 0 Å². The summed E-state index contributed by atoms with van der Waals surface area (Å²) in [5.74, 6) is -0.280. The van der Waals surface area contributed by atoms with Crippen molar-refractivity contribution in [1.29, 1.82) is 0 Å². The highest BCUT2D eigenvalue weighted by molar-refractivity contribution is 6.30. The summed E-state index contributed by atoms with van der Waals surface area (Å²) in [4.78, 5) is 28.2. The van der Waals surface area contributed by atoms with Crippen LogP contribution < -0.4 is 10.2 Å². The third-order valence-corrected chi connectivity index (χ3v) is 6.45. The van der Waals surface area contributed by atoms with E-state index in [1.165, 1.54) is 0 Å². The molecule has 7 heteroatoms. The van der Waals surface area contributed by atoms with Crippen LogP contribution in [0, 0.1) is 13.8 Å². The molecular formula is C28H29ClN2O4. The number of fused-ring (bicyclic) bond motifs is 1. The number of nitrogens with zero attached hydrogens (tertiary/aromatic N) is 1. The van der Waals surface area contributed by atoms with Gasteiger partial charge in [0.25, 0.3) is 11.8 Å². The van der Waals surface area contributed by atoms with Crippen molar-refractivity contribution < 1.29 is 19.1 Å². The van der Waals surface area contributed by atoms with E-state index >= 15 is 0 Å². The Morgan fingerprint density at radius 2 is 1.83 bits per heavy atom. The second-order valence-electron chi connectivity index (χ2n) is 8.66. The van der Waals surface area contributed by atoms with E-state index in [1.807, 2.05) is 50.2 Å². The van der Waals surface area contributed by atoms with Crippen molar-refractivity contribution in [2.45, 2.75) is 32.8 Å². The van der Waals surface area contributed by atoms with Gasteiger partial charge in [-0.05, 0) is 80.3 Å². The maximum atomic E-state index is 13.7. The number of carbonyl (C=O) groups is 2. The molecule has 1 heterocycles. The average molecular weight is 493 g/mol. The Kier molecular flexibility index (Phi) is 7.86. The van der Waals surface area contributed by atoms with Gasteiger partial charge in [-0.3, -0.25) is 9.59 Å². The molecule has 0 fully saturated rings.